The number of ether oxygens (including phenoxy) is 2. The Morgan fingerprint density at radius 2 is 2.08 bits per heavy atom. The Morgan fingerprint density at radius 3 is 2.84 bits per heavy atom. The Bertz CT molecular complexity index is 904. The van der Waals surface area contributed by atoms with Crippen molar-refractivity contribution in [2.45, 2.75) is 13.3 Å². The smallest absolute Gasteiger partial charge is 0.257 e. The minimum atomic E-state index is -0.197. The Hall–Kier alpha value is -3.09. The molecule has 0 saturated carbocycles. The summed E-state index contributed by atoms with van der Waals surface area (Å²) in [5.74, 6) is 1.31. The third-order valence-electron chi connectivity index (χ3n) is 3.94. The Kier molecular flexibility index (Phi) is 4.83. The Morgan fingerprint density at radius 1 is 1.24 bits per heavy atom. The van der Waals surface area contributed by atoms with E-state index in [9.17, 15) is 4.79 Å². The highest BCUT2D eigenvalue weighted by atomic mass is 16.5. The quantitative estimate of drug-likeness (QED) is 0.741. The molecule has 2 aromatic heterocycles. The van der Waals surface area contributed by atoms with Crippen molar-refractivity contribution in [2.24, 2.45) is 0 Å². The second-order valence-electron chi connectivity index (χ2n) is 5.53. The highest BCUT2D eigenvalue weighted by Crippen LogP contribution is 2.24. The first kappa shape index (κ1) is 16.8. The molecule has 7 nitrogen and oxygen atoms in total. The van der Waals surface area contributed by atoms with Gasteiger partial charge in [0, 0.05) is 12.7 Å². The van der Waals surface area contributed by atoms with Gasteiger partial charge >= 0.3 is 0 Å². The number of fused-ring (bicyclic) bond motifs is 1. The van der Waals surface area contributed by atoms with Crippen molar-refractivity contribution in [3.05, 3.63) is 47.3 Å². The molecule has 0 spiro atoms. The standard InChI is InChI=1S/C18H19N3O4/c1-11-15-9-13(10-20-18(15)25-21-11)17(22)19-7-6-12-8-14(23-2)4-5-16(12)24-3/h4-5,8-10H,6-7H2,1-3H3,(H,19,22). The number of hydrogen-bond donors (Lipinski definition) is 1. The predicted octanol–water partition coefficient (Wildman–Crippen LogP) is 2.52. The first-order chi connectivity index (χ1) is 12.1. The van der Waals surface area contributed by atoms with Gasteiger partial charge in [-0.2, -0.15) is 0 Å². The number of carbonyl (C=O) groups is 1. The van der Waals surface area contributed by atoms with Crippen LogP contribution in [0.25, 0.3) is 11.1 Å². The monoisotopic (exact) mass is 341 g/mol. The van der Waals surface area contributed by atoms with Crippen LogP contribution in [0.1, 0.15) is 21.6 Å². The third kappa shape index (κ3) is 3.55. The summed E-state index contributed by atoms with van der Waals surface area (Å²) >= 11 is 0. The van der Waals surface area contributed by atoms with E-state index >= 15 is 0 Å². The number of amides is 1. The van der Waals surface area contributed by atoms with Gasteiger partial charge in [0.05, 0.1) is 30.9 Å². The van der Waals surface area contributed by atoms with Gasteiger partial charge in [-0.15, -0.1) is 0 Å². The lowest BCUT2D eigenvalue weighted by atomic mass is 10.1. The van der Waals surface area contributed by atoms with Gasteiger partial charge in [0.15, 0.2) is 0 Å². The van der Waals surface area contributed by atoms with E-state index in [1.807, 2.05) is 25.1 Å². The zero-order valence-electron chi connectivity index (χ0n) is 14.3. The van der Waals surface area contributed by atoms with Gasteiger partial charge < -0.3 is 19.3 Å². The molecule has 0 aliphatic rings. The molecule has 1 N–H and O–H groups in total. The van der Waals surface area contributed by atoms with E-state index in [0.717, 1.165) is 22.4 Å². The number of nitrogens with one attached hydrogen (secondary N) is 1. The van der Waals surface area contributed by atoms with E-state index in [2.05, 4.69) is 15.5 Å². The fourth-order valence-electron chi connectivity index (χ4n) is 2.56. The third-order valence-corrected chi connectivity index (χ3v) is 3.94. The van der Waals surface area contributed by atoms with Crippen molar-refractivity contribution >= 4 is 17.0 Å². The first-order valence-corrected chi connectivity index (χ1v) is 7.83. The maximum absolute atomic E-state index is 12.3. The fraction of sp³-hybridized carbons (Fsp3) is 0.278. The first-order valence-electron chi connectivity index (χ1n) is 7.83. The number of aromatic nitrogens is 2. The molecule has 2 heterocycles. The van der Waals surface area contributed by atoms with Gasteiger partial charge in [-0.1, -0.05) is 5.16 Å². The zero-order chi connectivity index (χ0) is 17.8. The molecule has 1 amide bonds. The number of nitrogens with zero attached hydrogens (tertiary/aromatic N) is 2. The summed E-state index contributed by atoms with van der Waals surface area (Å²) < 4.78 is 15.6. The summed E-state index contributed by atoms with van der Waals surface area (Å²) in [7, 11) is 3.23. The fourth-order valence-corrected chi connectivity index (χ4v) is 2.56. The number of pyridine rings is 1. The molecule has 3 aromatic rings. The summed E-state index contributed by atoms with van der Waals surface area (Å²) in [6.07, 6.45) is 2.10. The van der Waals surface area contributed by atoms with Crippen molar-refractivity contribution in [2.75, 3.05) is 20.8 Å². The number of rotatable bonds is 6. The molecule has 7 heteroatoms. The molecule has 25 heavy (non-hydrogen) atoms. The van der Waals surface area contributed by atoms with Gasteiger partial charge in [0.25, 0.3) is 11.6 Å². The number of carbonyl (C=O) groups excluding carboxylic acids is 1. The van der Waals surface area contributed by atoms with Gasteiger partial charge in [-0.05, 0) is 43.2 Å². The second-order valence-corrected chi connectivity index (χ2v) is 5.53. The maximum Gasteiger partial charge on any atom is 0.257 e. The molecule has 0 saturated heterocycles. The van der Waals surface area contributed by atoms with Crippen LogP contribution in [-0.2, 0) is 6.42 Å². The molecule has 3 rings (SSSR count). The van der Waals surface area contributed by atoms with Gasteiger partial charge in [0.1, 0.15) is 11.5 Å². The summed E-state index contributed by atoms with van der Waals surface area (Å²) in [5, 5.41) is 7.46. The molecular weight excluding hydrogens is 322 g/mol. The van der Waals surface area contributed by atoms with Crippen LogP contribution in [-0.4, -0.2) is 36.8 Å². The molecule has 130 valence electrons. The van der Waals surface area contributed by atoms with Crippen LogP contribution in [0.4, 0.5) is 0 Å². The van der Waals surface area contributed by atoms with Crippen LogP contribution in [0.15, 0.2) is 35.0 Å². The summed E-state index contributed by atoms with van der Waals surface area (Å²) in [5.41, 5.74) is 2.57. The van der Waals surface area contributed by atoms with Gasteiger partial charge in [-0.3, -0.25) is 4.79 Å². The van der Waals surface area contributed by atoms with Crippen molar-refractivity contribution in [1.82, 2.24) is 15.5 Å². The summed E-state index contributed by atoms with van der Waals surface area (Å²) in [4.78, 5) is 16.4. The molecule has 0 fully saturated rings. The van der Waals surface area contributed by atoms with Crippen molar-refractivity contribution in [1.29, 1.82) is 0 Å². The normalized spacial score (nSPS) is 10.7. The molecule has 0 atom stereocenters. The van der Waals surface area contributed by atoms with E-state index in [4.69, 9.17) is 14.0 Å². The van der Waals surface area contributed by atoms with E-state index in [1.165, 1.54) is 6.20 Å². The SMILES string of the molecule is COc1ccc(OC)c(CCNC(=O)c2cnc3onc(C)c3c2)c1. The maximum atomic E-state index is 12.3. The average molecular weight is 341 g/mol. The minimum Gasteiger partial charge on any atom is -0.497 e. The van der Waals surface area contributed by atoms with Gasteiger partial charge in [0.2, 0.25) is 0 Å². The van der Waals surface area contributed by atoms with E-state index in [0.29, 0.717) is 29.9 Å². The second kappa shape index (κ2) is 7.21. The molecule has 0 aliphatic carbocycles. The van der Waals surface area contributed by atoms with Crippen molar-refractivity contribution in [3.63, 3.8) is 0 Å². The molecule has 0 unspecified atom stereocenters. The molecule has 0 radical (unpaired) electrons. The van der Waals surface area contributed by atoms with E-state index < -0.39 is 0 Å². The number of hydrogen-bond acceptors (Lipinski definition) is 6. The number of aryl methyl sites for hydroxylation is 1. The van der Waals surface area contributed by atoms with Crippen LogP contribution in [0, 0.1) is 6.92 Å². The minimum absolute atomic E-state index is 0.197. The van der Waals surface area contributed by atoms with Crippen LogP contribution < -0.4 is 14.8 Å². The highest BCUT2D eigenvalue weighted by Gasteiger charge is 2.12. The largest absolute Gasteiger partial charge is 0.497 e. The lowest BCUT2D eigenvalue weighted by Crippen LogP contribution is -2.25. The molecule has 0 aliphatic heterocycles. The van der Waals surface area contributed by atoms with Crippen LogP contribution in [0.2, 0.25) is 0 Å². The number of benzene rings is 1. The van der Waals surface area contributed by atoms with Gasteiger partial charge in [-0.25, -0.2) is 4.98 Å². The Labute approximate surface area is 144 Å². The molecule has 1 aromatic carbocycles. The molecule has 0 bridgehead atoms. The Balaban J connectivity index is 1.66. The topological polar surface area (TPSA) is 86.5 Å². The zero-order valence-corrected chi connectivity index (χ0v) is 14.3. The van der Waals surface area contributed by atoms with E-state index in [-0.39, 0.29) is 5.91 Å². The lowest BCUT2D eigenvalue weighted by Gasteiger charge is -2.11. The average Bonchev–Trinajstić information content (AvgIpc) is 3.02. The summed E-state index contributed by atoms with van der Waals surface area (Å²) in [6.45, 7) is 2.27. The van der Waals surface area contributed by atoms with Crippen LogP contribution >= 0.6 is 0 Å². The predicted molar refractivity (Wildman–Crippen MR) is 92.1 cm³/mol. The van der Waals surface area contributed by atoms with Crippen molar-refractivity contribution < 1.29 is 18.8 Å². The molecular formula is C18H19N3O4. The highest BCUT2D eigenvalue weighted by molar-refractivity contribution is 5.96. The lowest BCUT2D eigenvalue weighted by molar-refractivity contribution is 0.0954. The van der Waals surface area contributed by atoms with E-state index in [1.54, 1.807) is 20.3 Å². The van der Waals surface area contributed by atoms with Crippen molar-refractivity contribution in [3.8, 4) is 11.5 Å². The summed E-state index contributed by atoms with van der Waals surface area (Å²) in [6, 6.07) is 7.32. The van der Waals surface area contributed by atoms with Crippen LogP contribution in [0.5, 0.6) is 11.5 Å². The van der Waals surface area contributed by atoms with Crippen LogP contribution in [0.3, 0.4) is 0 Å². The number of methoxy groups -OCH3 is 2.